The number of aliphatic hydroxyl groups is 2. The van der Waals surface area contributed by atoms with Gasteiger partial charge in [0.25, 0.3) is 0 Å². The van der Waals surface area contributed by atoms with E-state index in [1.165, 1.54) is 24.8 Å². The molecule has 6 N–H and O–H groups in total. The van der Waals surface area contributed by atoms with E-state index in [1.807, 2.05) is 48.5 Å². The van der Waals surface area contributed by atoms with E-state index in [2.05, 4.69) is 71.8 Å². The van der Waals surface area contributed by atoms with E-state index in [4.69, 9.17) is 18.9 Å². The lowest BCUT2D eigenvalue weighted by Crippen LogP contribution is -2.62. The number of carbonyl (C=O) groups excluding carboxylic acids is 2. The fourth-order valence-corrected chi connectivity index (χ4v) is 19.9. The molecule has 4 saturated carbocycles. The standard InChI is InChI=1S/C72H75NO11S2/c1-41(74)83-64-31-52-30-57-55-33-66(62(77)26-48(55)24-58-61(76)34-59-56-32-63(78)65(81-2)27-49(56)25-60(64)72(59,68(57)58)20-16-42-9-4-3-5-10-42)82-38-67(79)86-85-39-45-21-43-15-19-70(17-6-7-18-70)40-73-37-44-11-8-12-46(22-44)54-29-51(75)23-47-13-14-50(28-53(47)54)71(35-43,36-45)69(80)84-52/h3-5,8-14,16,20,22-23,26-29,32-33,43,45,52,57-61,64,67-68,73,75-79H,6-7,17-18,21,24-25,30-31,34-40H2,1-2H3. The topological polar surface area (TPSA) is 184 Å². The largest absolute Gasteiger partial charge is 0.508 e. The number of hydrogen-bond donors (Lipinski definition) is 6. The van der Waals surface area contributed by atoms with Crippen LogP contribution >= 0.6 is 21.6 Å². The summed E-state index contributed by atoms with van der Waals surface area (Å²) in [5, 5.41) is 65.1. The summed E-state index contributed by atoms with van der Waals surface area (Å²) >= 11 is 0. The predicted molar refractivity (Wildman–Crippen MR) is 335 cm³/mol. The van der Waals surface area contributed by atoms with Crippen molar-refractivity contribution in [2.24, 2.45) is 40.4 Å². The van der Waals surface area contributed by atoms with E-state index < -0.39 is 52.4 Å². The van der Waals surface area contributed by atoms with Crippen molar-refractivity contribution < 1.29 is 54.1 Å². The molecule has 0 radical (unpaired) electrons. The number of nitrogens with one attached hydrogen (secondary N) is 1. The van der Waals surface area contributed by atoms with E-state index in [0.29, 0.717) is 50.2 Å². The summed E-state index contributed by atoms with van der Waals surface area (Å²) < 4.78 is 26.5. The molecule has 446 valence electrons. The number of esters is 2. The first-order chi connectivity index (χ1) is 41.7. The van der Waals surface area contributed by atoms with Crippen molar-refractivity contribution in [1.29, 1.82) is 0 Å². The first-order valence-corrected chi connectivity index (χ1v) is 33.3. The summed E-state index contributed by atoms with van der Waals surface area (Å²) in [7, 11) is 4.40. The number of phenols is 3. The van der Waals surface area contributed by atoms with E-state index in [-0.39, 0.29) is 83.4 Å². The molecule has 11 bridgehead atoms. The molecule has 6 aliphatic carbocycles. The monoisotopic (exact) mass is 1190 g/mol. The van der Waals surface area contributed by atoms with Gasteiger partial charge in [0.05, 0.1) is 18.6 Å². The van der Waals surface area contributed by atoms with Crippen molar-refractivity contribution in [2.75, 3.05) is 26.0 Å². The number of benzene rings is 6. The van der Waals surface area contributed by atoms with E-state index in [0.717, 1.165) is 99.5 Å². The number of aliphatic hydroxyl groups excluding tert-OH is 2. The zero-order valence-electron chi connectivity index (χ0n) is 48.7. The summed E-state index contributed by atoms with van der Waals surface area (Å²) in [4.78, 5) is 30.9. The van der Waals surface area contributed by atoms with Gasteiger partial charge >= 0.3 is 11.9 Å². The van der Waals surface area contributed by atoms with Crippen LogP contribution in [0.1, 0.15) is 122 Å². The molecular formula is C72H75NO11S2. The summed E-state index contributed by atoms with van der Waals surface area (Å²) in [6, 6.07) is 35.8. The number of carbonyl (C=O) groups is 2. The number of phenolic OH excluding ortho intramolecular Hbond substituents is 3. The number of hydrogen-bond acceptors (Lipinski definition) is 14. The summed E-state index contributed by atoms with van der Waals surface area (Å²) in [5.74, 6) is 5.90. The van der Waals surface area contributed by atoms with Crippen LogP contribution in [0.25, 0.3) is 28.0 Å². The smallest absolute Gasteiger partial charge is 0.316 e. The number of allylic oxidation sites excluding steroid dienone is 1. The molecule has 12 nitrogen and oxygen atoms in total. The highest BCUT2D eigenvalue weighted by Gasteiger charge is 2.66. The quantitative estimate of drug-likeness (QED) is 0.0557. The van der Waals surface area contributed by atoms with Crippen molar-refractivity contribution in [3.63, 3.8) is 0 Å². The number of ether oxygens (including phenoxy) is 4. The highest BCUT2D eigenvalue weighted by atomic mass is 33.1. The van der Waals surface area contributed by atoms with Crippen LogP contribution in [-0.2, 0) is 43.9 Å². The number of fused-ring (bicyclic) bond motifs is 10. The maximum atomic E-state index is 16.9. The molecule has 2 heterocycles. The lowest BCUT2D eigenvalue weighted by Gasteiger charge is -2.64. The minimum absolute atomic E-state index is 0.00492. The molecule has 86 heavy (non-hydrogen) atoms. The molecule has 13 unspecified atom stereocenters. The maximum absolute atomic E-state index is 16.9. The molecule has 13 atom stereocenters. The van der Waals surface area contributed by atoms with Crippen molar-refractivity contribution in [2.45, 2.75) is 132 Å². The first-order valence-electron chi connectivity index (χ1n) is 30.9. The van der Waals surface area contributed by atoms with Crippen molar-refractivity contribution >= 4 is 50.4 Å². The SMILES string of the molecule is COc1cc2c(cc1O)C1CC(O)C3Cc4cc(O)c5cc4C4CC(CC(OC(C)=O)C(C2)C1(C=Cc1ccccc1)C43)OC(=O)C12CC(C#CC3(CCCC3)CNCc3cccc(c3)-c3cc(O)cc4ccc1cc34)CC(CSSC(O)CO5)C2. The maximum Gasteiger partial charge on any atom is 0.316 e. The Kier molecular flexibility index (Phi) is 15.2. The van der Waals surface area contributed by atoms with Crippen LogP contribution in [0.15, 0.2) is 115 Å². The van der Waals surface area contributed by atoms with Crippen LogP contribution in [0.2, 0.25) is 0 Å². The van der Waals surface area contributed by atoms with Crippen LogP contribution in [0.5, 0.6) is 28.7 Å². The molecule has 8 aliphatic rings. The van der Waals surface area contributed by atoms with Gasteiger partial charge in [0.2, 0.25) is 0 Å². The molecule has 0 aromatic heterocycles. The number of methoxy groups -OCH3 is 1. The third kappa shape index (κ3) is 10.3. The van der Waals surface area contributed by atoms with Crippen molar-refractivity contribution in [3.05, 3.63) is 154 Å². The first kappa shape index (κ1) is 57.2. The Bertz CT molecular complexity index is 3720. The molecule has 0 saturated heterocycles. The highest BCUT2D eigenvalue weighted by Crippen LogP contribution is 2.70. The summed E-state index contributed by atoms with van der Waals surface area (Å²) in [5.41, 5.74) is 4.98. The Morgan fingerprint density at radius 1 is 0.849 bits per heavy atom. The summed E-state index contributed by atoms with van der Waals surface area (Å²) in [6.07, 6.45) is 9.34. The van der Waals surface area contributed by atoms with Crippen LogP contribution in [0.3, 0.4) is 0 Å². The molecule has 2 spiro atoms. The molecule has 14 heteroatoms. The highest BCUT2D eigenvalue weighted by molar-refractivity contribution is 8.76. The zero-order valence-corrected chi connectivity index (χ0v) is 50.3. The number of aromatic hydroxyl groups is 3. The third-order valence-corrected chi connectivity index (χ3v) is 23.8. The second-order valence-electron chi connectivity index (χ2n) is 26.2. The fraction of sp³-hybridized carbons (Fsp3) is 0.444. The average molecular weight is 1190 g/mol. The minimum Gasteiger partial charge on any atom is -0.508 e. The Labute approximate surface area is 510 Å². The Balaban J connectivity index is 0.988. The van der Waals surface area contributed by atoms with E-state index in [1.54, 1.807) is 29.0 Å². The van der Waals surface area contributed by atoms with Gasteiger partial charge in [-0.25, -0.2) is 0 Å². The van der Waals surface area contributed by atoms with Crippen molar-refractivity contribution in [1.82, 2.24) is 5.32 Å². The third-order valence-electron chi connectivity index (χ3n) is 21.2. The van der Waals surface area contributed by atoms with Crippen LogP contribution < -0.4 is 14.8 Å². The average Bonchev–Trinajstić information content (AvgIpc) is 0.724. The Morgan fingerprint density at radius 3 is 2.51 bits per heavy atom. The Hall–Kier alpha value is -6.60. The number of rotatable bonds is 4. The molecule has 2 aliphatic heterocycles. The Morgan fingerprint density at radius 2 is 1.69 bits per heavy atom. The summed E-state index contributed by atoms with van der Waals surface area (Å²) in [6.45, 7) is 2.75. The molecule has 4 fully saturated rings. The van der Waals surface area contributed by atoms with Gasteiger partial charge in [0.1, 0.15) is 30.0 Å². The predicted octanol–water partition coefficient (Wildman–Crippen LogP) is 12.7. The normalized spacial score (nSPS) is 31.7. The van der Waals surface area contributed by atoms with Gasteiger partial charge in [-0.3, -0.25) is 9.59 Å². The molecule has 6 aromatic rings. The van der Waals surface area contributed by atoms with Crippen LogP contribution in [-0.4, -0.2) is 87.2 Å². The van der Waals surface area contributed by atoms with Gasteiger partial charge in [0.15, 0.2) is 23.0 Å². The zero-order chi connectivity index (χ0) is 59.1. The fourth-order valence-electron chi connectivity index (χ4n) is 17.6. The van der Waals surface area contributed by atoms with E-state index in [9.17, 15) is 30.3 Å². The van der Waals surface area contributed by atoms with Gasteiger partial charge in [-0.15, -0.1) is 0 Å². The van der Waals surface area contributed by atoms with Gasteiger partial charge in [-0.2, -0.15) is 0 Å². The van der Waals surface area contributed by atoms with Gasteiger partial charge in [-0.1, -0.05) is 119 Å². The molecule has 6 aromatic carbocycles. The van der Waals surface area contributed by atoms with Gasteiger partial charge < -0.3 is 49.8 Å². The van der Waals surface area contributed by atoms with Crippen molar-refractivity contribution in [3.8, 4) is 51.7 Å². The minimum atomic E-state index is -1.24. The lowest BCUT2D eigenvalue weighted by atomic mass is 9.40. The van der Waals surface area contributed by atoms with Gasteiger partial charge in [0, 0.05) is 54.9 Å². The van der Waals surface area contributed by atoms with Gasteiger partial charge in [-0.05, 0) is 197 Å². The second-order valence-corrected chi connectivity index (χ2v) is 28.8. The van der Waals surface area contributed by atoms with Crippen LogP contribution in [0, 0.1) is 52.3 Å². The molecular weight excluding hydrogens is 1120 g/mol. The lowest BCUT2D eigenvalue weighted by molar-refractivity contribution is -0.179. The van der Waals surface area contributed by atoms with Crippen LogP contribution in [0.4, 0.5) is 0 Å². The second kappa shape index (κ2) is 22.8. The van der Waals surface area contributed by atoms with E-state index >= 15 is 4.79 Å². The molecule has 14 rings (SSSR count). The molecule has 0 amide bonds.